The van der Waals surface area contributed by atoms with Crippen LogP contribution < -0.4 is 10.6 Å². The number of aryl methyl sites for hydroxylation is 1. The van der Waals surface area contributed by atoms with Gasteiger partial charge in [0.05, 0.1) is 12.2 Å². The minimum Gasteiger partial charge on any atom is -0.377 e. The first-order valence-electron chi connectivity index (χ1n) is 10.6. The van der Waals surface area contributed by atoms with Crippen molar-refractivity contribution in [2.45, 2.75) is 71.2 Å². The zero-order chi connectivity index (χ0) is 19.7. The van der Waals surface area contributed by atoms with Gasteiger partial charge in [0.1, 0.15) is 12.4 Å². The normalized spacial score (nSPS) is 30.8. The van der Waals surface area contributed by atoms with Gasteiger partial charge in [-0.05, 0) is 32.6 Å². The molecule has 29 heavy (non-hydrogen) atoms. The molecule has 1 aromatic heterocycles. The molecule has 4 rings (SSSR count). The molecule has 1 saturated carbocycles. The molecule has 3 fully saturated rings. The van der Waals surface area contributed by atoms with Gasteiger partial charge in [-0.15, -0.1) is 34.2 Å². The van der Waals surface area contributed by atoms with E-state index in [4.69, 9.17) is 14.5 Å². The highest BCUT2D eigenvalue weighted by Gasteiger charge is 2.58. The third-order valence-corrected chi connectivity index (χ3v) is 6.71. The monoisotopic (exact) mass is 518 g/mol. The van der Waals surface area contributed by atoms with Crippen LogP contribution in [0.4, 0.5) is 0 Å². The Hall–Kier alpha value is -0.940. The lowest BCUT2D eigenvalue weighted by atomic mass is 9.55. The molecular weight excluding hydrogens is 483 g/mol. The lowest BCUT2D eigenvalue weighted by Gasteiger charge is -2.60. The SMILES string of the molecule is Cc1nnc(CN=C(NCC2CCCO2)NC2C3CCCOC3C2(C)C)n1C.I. The summed E-state index contributed by atoms with van der Waals surface area (Å²) in [7, 11) is 1.98. The highest BCUT2D eigenvalue weighted by atomic mass is 127. The Bertz CT molecular complexity index is 716. The summed E-state index contributed by atoms with van der Waals surface area (Å²) < 4.78 is 13.8. The van der Waals surface area contributed by atoms with Crippen LogP contribution in [-0.2, 0) is 23.1 Å². The molecular formula is C20H35IN6O2. The predicted molar refractivity (Wildman–Crippen MR) is 122 cm³/mol. The molecule has 2 N–H and O–H groups in total. The van der Waals surface area contributed by atoms with E-state index >= 15 is 0 Å². The van der Waals surface area contributed by atoms with Crippen molar-refractivity contribution in [2.24, 2.45) is 23.4 Å². The number of halogens is 1. The van der Waals surface area contributed by atoms with E-state index in [0.29, 0.717) is 24.6 Å². The van der Waals surface area contributed by atoms with Crippen LogP contribution in [0.3, 0.4) is 0 Å². The molecule has 2 saturated heterocycles. The topological polar surface area (TPSA) is 85.6 Å². The van der Waals surface area contributed by atoms with Gasteiger partial charge >= 0.3 is 0 Å². The number of hydrogen-bond acceptors (Lipinski definition) is 5. The van der Waals surface area contributed by atoms with Crippen LogP contribution in [0.1, 0.15) is 51.2 Å². The van der Waals surface area contributed by atoms with Gasteiger partial charge in [-0.1, -0.05) is 13.8 Å². The van der Waals surface area contributed by atoms with Gasteiger partial charge in [0.25, 0.3) is 0 Å². The third kappa shape index (κ3) is 4.71. The van der Waals surface area contributed by atoms with E-state index in [9.17, 15) is 0 Å². The average molecular weight is 518 g/mol. The second kappa shape index (κ2) is 9.47. The molecule has 0 amide bonds. The van der Waals surface area contributed by atoms with Gasteiger partial charge in [-0.3, -0.25) is 0 Å². The standard InChI is InChI=1S/C20H34N6O2.HI/c1-13-24-25-16(26(13)4)12-22-19(21-11-14-7-5-9-27-14)23-17-15-8-6-10-28-18(15)20(17,2)3;/h14-15,17-18H,5-12H2,1-4H3,(H2,21,22,23);1H. The molecule has 164 valence electrons. The summed E-state index contributed by atoms with van der Waals surface area (Å²) in [5, 5.41) is 15.6. The number of nitrogens with one attached hydrogen (secondary N) is 2. The van der Waals surface area contributed by atoms with Crippen molar-refractivity contribution in [3.05, 3.63) is 11.6 Å². The lowest BCUT2D eigenvalue weighted by Crippen LogP contribution is -2.71. The van der Waals surface area contributed by atoms with E-state index in [1.807, 2.05) is 18.5 Å². The van der Waals surface area contributed by atoms with Crippen LogP contribution in [0.5, 0.6) is 0 Å². The van der Waals surface area contributed by atoms with E-state index in [0.717, 1.165) is 56.6 Å². The molecule has 1 aliphatic carbocycles. The molecule has 9 heteroatoms. The summed E-state index contributed by atoms with van der Waals surface area (Å²) in [6.07, 6.45) is 5.22. The maximum atomic E-state index is 6.05. The fourth-order valence-electron chi connectivity index (χ4n) is 4.87. The van der Waals surface area contributed by atoms with Crippen LogP contribution in [0, 0.1) is 18.3 Å². The van der Waals surface area contributed by atoms with Gasteiger partial charge in [0.15, 0.2) is 11.8 Å². The largest absolute Gasteiger partial charge is 0.377 e. The zero-order valence-corrected chi connectivity index (χ0v) is 20.3. The summed E-state index contributed by atoms with van der Waals surface area (Å²) >= 11 is 0. The van der Waals surface area contributed by atoms with Gasteiger partial charge in [-0.2, -0.15) is 0 Å². The van der Waals surface area contributed by atoms with E-state index in [2.05, 4.69) is 34.7 Å². The Kier molecular flexibility index (Phi) is 7.42. The molecule has 0 aromatic carbocycles. The molecule has 8 nitrogen and oxygen atoms in total. The molecule has 0 spiro atoms. The van der Waals surface area contributed by atoms with Crippen molar-refractivity contribution in [3.8, 4) is 0 Å². The fraction of sp³-hybridized carbons (Fsp3) is 0.850. The minimum absolute atomic E-state index is 0. The fourth-order valence-corrected chi connectivity index (χ4v) is 4.87. The van der Waals surface area contributed by atoms with Crippen LogP contribution in [-0.4, -0.2) is 58.7 Å². The number of ether oxygens (including phenoxy) is 2. The number of rotatable bonds is 5. The van der Waals surface area contributed by atoms with Gasteiger partial charge in [0.2, 0.25) is 0 Å². The molecule has 0 radical (unpaired) electrons. The Morgan fingerprint density at radius 1 is 1.21 bits per heavy atom. The molecule has 3 aliphatic rings. The zero-order valence-electron chi connectivity index (χ0n) is 18.0. The second-order valence-corrected chi connectivity index (χ2v) is 8.94. The molecule has 3 heterocycles. The summed E-state index contributed by atoms with van der Waals surface area (Å²) in [4.78, 5) is 4.83. The summed E-state index contributed by atoms with van der Waals surface area (Å²) in [5.74, 6) is 3.14. The van der Waals surface area contributed by atoms with E-state index in [-0.39, 0.29) is 35.5 Å². The Balaban J connectivity index is 0.00000240. The molecule has 2 aliphatic heterocycles. The first kappa shape index (κ1) is 22.7. The predicted octanol–water partition coefficient (Wildman–Crippen LogP) is 2.16. The highest BCUT2D eigenvalue weighted by molar-refractivity contribution is 14.0. The Morgan fingerprint density at radius 2 is 1.97 bits per heavy atom. The third-order valence-electron chi connectivity index (χ3n) is 6.71. The van der Waals surface area contributed by atoms with E-state index < -0.39 is 0 Å². The van der Waals surface area contributed by atoms with E-state index in [1.54, 1.807) is 0 Å². The molecule has 4 atom stereocenters. The van der Waals surface area contributed by atoms with Crippen molar-refractivity contribution in [3.63, 3.8) is 0 Å². The second-order valence-electron chi connectivity index (χ2n) is 8.94. The number of aliphatic imine (C=N–C) groups is 1. The smallest absolute Gasteiger partial charge is 0.192 e. The van der Waals surface area contributed by atoms with Crippen LogP contribution >= 0.6 is 24.0 Å². The molecule has 0 bridgehead atoms. The number of nitrogens with zero attached hydrogens (tertiary/aromatic N) is 4. The first-order chi connectivity index (χ1) is 13.5. The number of fused-ring (bicyclic) bond motifs is 1. The summed E-state index contributed by atoms with van der Waals surface area (Å²) in [5.41, 5.74) is 0.0960. The van der Waals surface area contributed by atoms with Crippen molar-refractivity contribution >= 4 is 29.9 Å². The Labute approximate surface area is 190 Å². The van der Waals surface area contributed by atoms with Gasteiger partial charge < -0.3 is 24.7 Å². The van der Waals surface area contributed by atoms with Gasteiger partial charge in [0, 0.05) is 44.2 Å². The lowest BCUT2D eigenvalue weighted by molar-refractivity contribution is -0.188. The number of guanidine groups is 1. The van der Waals surface area contributed by atoms with Crippen LogP contribution in [0.15, 0.2) is 4.99 Å². The number of aromatic nitrogens is 3. The average Bonchev–Trinajstić information content (AvgIpc) is 3.32. The van der Waals surface area contributed by atoms with Crippen molar-refractivity contribution in [2.75, 3.05) is 19.8 Å². The van der Waals surface area contributed by atoms with Crippen molar-refractivity contribution in [1.29, 1.82) is 0 Å². The maximum absolute atomic E-state index is 6.05. The summed E-state index contributed by atoms with van der Waals surface area (Å²) in [6.45, 7) is 9.57. The molecule has 4 unspecified atom stereocenters. The first-order valence-corrected chi connectivity index (χ1v) is 10.6. The van der Waals surface area contributed by atoms with Crippen LogP contribution in [0.2, 0.25) is 0 Å². The van der Waals surface area contributed by atoms with Crippen molar-refractivity contribution < 1.29 is 9.47 Å². The Morgan fingerprint density at radius 3 is 2.66 bits per heavy atom. The van der Waals surface area contributed by atoms with E-state index in [1.165, 1.54) is 6.42 Å². The molecule has 1 aromatic rings. The number of hydrogen-bond donors (Lipinski definition) is 2. The highest BCUT2D eigenvalue weighted by Crippen LogP contribution is 2.51. The van der Waals surface area contributed by atoms with Crippen LogP contribution in [0.25, 0.3) is 0 Å². The van der Waals surface area contributed by atoms with Gasteiger partial charge in [-0.25, -0.2) is 4.99 Å². The summed E-state index contributed by atoms with van der Waals surface area (Å²) in [6, 6.07) is 0.356. The maximum Gasteiger partial charge on any atom is 0.192 e. The quantitative estimate of drug-likeness (QED) is 0.353. The van der Waals surface area contributed by atoms with Crippen molar-refractivity contribution in [1.82, 2.24) is 25.4 Å². The minimum atomic E-state index is 0.